The summed E-state index contributed by atoms with van der Waals surface area (Å²) < 4.78 is 25.8. The van der Waals surface area contributed by atoms with E-state index >= 15 is 0 Å². The zero-order valence-electron chi connectivity index (χ0n) is 11.6. The minimum absolute atomic E-state index is 0.000929. The normalized spacial score (nSPS) is 13.8. The van der Waals surface area contributed by atoms with Gasteiger partial charge in [-0.05, 0) is 38.0 Å². The number of aliphatic hydroxyl groups is 1. The number of aliphatic hydroxyl groups excluding tert-OH is 1. The molecule has 0 fully saturated rings. The fourth-order valence-corrected chi connectivity index (χ4v) is 2.38. The van der Waals surface area contributed by atoms with Crippen molar-refractivity contribution < 1.29 is 18.7 Å². The Bertz CT molecular complexity index is 470. The second-order valence-electron chi connectivity index (χ2n) is 4.80. The van der Waals surface area contributed by atoms with Crippen LogP contribution < -0.4 is 5.32 Å². The van der Waals surface area contributed by atoms with Crippen LogP contribution in [0.25, 0.3) is 0 Å². The lowest BCUT2D eigenvalue weighted by Crippen LogP contribution is -2.46. The molecule has 112 valence electrons. The Morgan fingerprint density at radius 2 is 2.10 bits per heavy atom. The predicted octanol–water partition coefficient (Wildman–Crippen LogP) is 2.72. The van der Waals surface area contributed by atoms with E-state index in [4.69, 9.17) is 5.11 Å². The average molecular weight is 303 g/mol. The van der Waals surface area contributed by atoms with Gasteiger partial charge in [0.05, 0.1) is 5.75 Å². The van der Waals surface area contributed by atoms with Crippen LogP contribution in [-0.2, 0) is 4.79 Å². The van der Waals surface area contributed by atoms with Gasteiger partial charge in [-0.15, -0.1) is 11.8 Å². The first-order chi connectivity index (χ1) is 9.40. The van der Waals surface area contributed by atoms with E-state index < -0.39 is 17.2 Å². The maximum Gasteiger partial charge on any atom is 0.230 e. The van der Waals surface area contributed by atoms with E-state index in [-0.39, 0.29) is 18.3 Å². The summed E-state index contributed by atoms with van der Waals surface area (Å²) in [6, 6.07) is 3.54. The number of thioether (sulfide) groups is 1. The molecule has 0 radical (unpaired) electrons. The van der Waals surface area contributed by atoms with Crippen molar-refractivity contribution in [2.75, 3.05) is 12.4 Å². The van der Waals surface area contributed by atoms with Crippen LogP contribution in [-0.4, -0.2) is 28.9 Å². The number of rotatable bonds is 7. The van der Waals surface area contributed by atoms with Crippen molar-refractivity contribution in [3.05, 3.63) is 29.8 Å². The van der Waals surface area contributed by atoms with Crippen molar-refractivity contribution in [1.29, 1.82) is 0 Å². The van der Waals surface area contributed by atoms with Crippen molar-refractivity contribution in [3.63, 3.8) is 0 Å². The van der Waals surface area contributed by atoms with E-state index in [0.717, 1.165) is 23.9 Å². The molecule has 1 rings (SSSR count). The highest BCUT2D eigenvalue weighted by Gasteiger charge is 2.23. The van der Waals surface area contributed by atoms with Crippen LogP contribution in [0, 0.1) is 11.6 Å². The Balaban J connectivity index is 2.52. The van der Waals surface area contributed by atoms with E-state index in [0.29, 0.717) is 17.7 Å². The maximum absolute atomic E-state index is 13.0. The first-order valence-corrected chi connectivity index (χ1v) is 7.38. The molecule has 20 heavy (non-hydrogen) atoms. The molecule has 0 aliphatic carbocycles. The van der Waals surface area contributed by atoms with Crippen LogP contribution in [0.4, 0.5) is 8.78 Å². The number of carbonyl (C=O) groups excluding carboxylic acids is 1. The van der Waals surface area contributed by atoms with Crippen LogP contribution in [0.3, 0.4) is 0 Å². The molecule has 1 aromatic rings. The lowest BCUT2D eigenvalue weighted by molar-refractivity contribution is -0.120. The van der Waals surface area contributed by atoms with Gasteiger partial charge in [0.1, 0.15) is 0 Å². The Morgan fingerprint density at radius 3 is 2.65 bits per heavy atom. The highest BCUT2D eigenvalue weighted by atomic mass is 32.2. The molecule has 0 aromatic heterocycles. The largest absolute Gasteiger partial charge is 0.396 e. The topological polar surface area (TPSA) is 49.3 Å². The molecule has 6 heteroatoms. The van der Waals surface area contributed by atoms with E-state index in [9.17, 15) is 13.6 Å². The van der Waals surface area contributed by atoms with E-state index in [1.165, 1.54) is 6.07 Å². The molecule has 2 N–H and O–H groups in total. The fraction of sp³-hybridized carbons (Fsp3) is 0.500. The molecule has 0 saturated heterocycles. The van der Waals surface area contributed by atoms with Gasteiger partial charge in [-0.3, -0.25) is 4.79 Å². The molecule has 1 unspecified atom stereocenters. The highest BCUT2D eigenvalue weighted by molar-refractivity contribution is 8.00. The molecular weight excluding hydrogens is 284 g/mol. The number of benzene rings is 1. The van der Waals surface area contributed by atoms with Gasteiger partial charge in [0.2, 0.25) is 5.91 Å². The van der Waals surface area contributed by atoms with Gasteiger partial charge >= 0.3 is 0 Å². The van der Waals surface area contributed by atoms with Gasteiger partial charge in [-0.2, -0.15) is 0 Å². The van der Waals surface area contributed by atoms with Crippen molar-refractivity contribution in [3.8, 4) is 0 Å². The summed E-state index contributed by atoms with van der Waals surface area (Å²) in [5.74, 6) is -1.90. The molecule has 1 aromatic carbocycles. The zero-order chi connectivity index (χ0) is 15.2. The number of hydrogen-bond donors (Lipinski definition) is 2. The second-order valence-corrected chi connectivity index (χ2v) is 5.85. The van der Waals surface area contributed by atoms with Gasteiger partial charge in [-0.1, -0.05) is 6.92 Å². The van der Waals surface area contributed by atoms with Crippen LogP contribution in [0.1, 0.15) is 26.7 Å². The molecule has 0 aliphatic rings. The van der Waals surface area contributed by atoms with Crippen LogP contribution in [0.15, 0.2) is 23.1 Å². The summed E-state index contributed by atoms with van der Waals surface area (Å²) >= 11 is 1.14. The van der Waals surface area contributed by atoms with E-state index in [1.807, 2.05) is 13.8 Å². The number of halogens is 2. The van der Waals surface area contributed by atoms with Crippen LogP contribution in [0.2, 0.25) is 0 Å². The van der Waals surface area contributed by atoms with Crippen molar-refractivity contribution in [2.45, 2.75) is 37.1 Å². The third-order valence-corrected chi connectivity index (χ3v) is 4.14. The lowest BCUT2D eigenvalue weighted by atomic mass is 9.95. The maximum atomic E-state index is 13.0. The number of amides is 1. The molecule has 0 heterocycles. The van der Waals surface area contributed by atoms with Gasteiger partial charge in [0, 0.05) is 17.0 Å². The van der Waals surface area contributed by atoms with E-state index in [2.05, 4.69) is 5.32 Å². The van der Waals surface area contributed by atoms with Gasteiger partial charge in [0.15, 0.2) is 11.6 Å². The Hall–Kier alpha value is -1.14. The zero-order valence-corrected chi connectivity index (χ0v) is 12.4. The summed E-state index contributed by atoms with van der Waals surface area (Å²) in [7, 11) is 0. The molecule has 1 amide bonds. The van der Waals surface area contributed by atoms with Crippen LogP contribution in [0.5, 0.6) is 0 Å². The third-order valence-electron chi connectivity index (χ3n) is 3.15. The summed E-state index contributed by atoms with van der Waals surface area (Å²) in [6.45, 7) is 3.79. The highest BCUT2D eigenvalue weighted by Crippen LogP contribution is 2.21. The van der Waals surface area contributed by atoms with Gasteiger partial charge in [-0.25, -0.2) is 8.78 Å². The predicted molar refractivity (Wildman–Crippen MR) is 75.6 cm³/mol. The Labute approximate surface area is 121 Å². The first-order valence-electron chi connectivity index (χ1n) is 6.40. The van der Waals surface area contributed by atoms with Crippen molar-refractivity contribution >= 4 is 17.7 Å². The molecule has 0 aliphatic heterocycles. The first kappa shape index (κ1) is 16.9. The van der Waals surface area contributed by atoms with Crippen LogP contribution >= 0.6 is 11.8 Å². The molecule has 0 spiro atoms. The summed E-state index contributed by atoms with van der Waals surface area (Å²) in [5.41, 5.74) is -0.444. The number of hydrogen-bond acceptors (Lipinski definition) is 3. The minimum atomic E-state index is -0.922. The van der Waals surface area contributed by atoms with Gasteiger partial charge in [0.25, 0.3) is 0 Å². The van der Waals surface area contributed by atoms with Crippen molar-refractivity contribution in [2.24, 2.45) is 0 Å². The fourth-order valence-electron chi connectivity index (χ4n) is 1.66. The summed E-state index contributed by atoms with van der Waals surface area (Å²) in [5, 5.41) is 11.8. The monoisotopic (exact) mass is 303 g/mol. The smallest absolute Gasteiger partial charge is 0.230 e. The summed E-state index contributed by atoms with van der Waals surface area (Å²) in [6.07, 6.45) is 1.18. The average Bonchev–Trinajstić information content (AvgIpc) is 2.40. The van der Waals surface area contributed by atoms with Gasteiger partial charge < -0.3 is 10.4 Å². The molecule has 1 atom stereocenters. The summed E-state index contributed by atoms with van der Waals surface area (Å²) in [4.78, 5) is 12.3. The lowest BCUT2D eigenvalue weighted by Gasteiger charge is -2.28. The SMILES string of the molecule is CCC(C)(CCO)NC(=O)CSc1ccc(F)c(F)c1. The third kappa shape index (κ3) is 5.09. The quantitative estimate of drug-likeness (QED) is 0.762. The number of carbonyl (C=O) groups is 1. The molecule has 0 bridgehead atoms. The second kappa shape index (κ2) is 7.59. The molecular formula is C14H19F2NO2S. The molecule has 0 saturated carbocycles. The Kier molecular flexibility index (Phi) is 6.42. The number of nitrogens with one attached hydrogen (secondary N) is 1. The standard InChI is InChI=1S/C14H19F2NO2S/c1-3-14(2,6-7-18)17-13(19)9-20-10-4-5-11(15)12(16)8-10/h4-5,8,18H,3,6-7,9H2,1-2H3,(H,17,19). The van der Waals surface area contributed by atoms with Crippen molar-refractivity contribution in [1.82, 2.24) is 5.32 Å². The Morgan fingerprint density at radius 1 is 1.40 bits per heavy atom. The molecule has 3 nitrogen and oxygen atoms in total. The minimum Gasteiger partial charge on any atom is -0.396 e. The van der Waals surface area contributed by atoms with E-state index in [1.54, 1.807) is 0 Å².